The highest BCUT2D eigenvalue weighted by Gasteiger charge is 2.25. The maximum Gasteiger partial charge on any atom is 0.204 e. The predicted octanol–water partition coefficient (Wildman–Crippen LogP) is 9.89. The van der Waals surface area contributed by atoms with Crippen molar-refractivity contribution in [1.82, 2.24) is 0 Å². The molecule has 44 heavy (non-hydrogen) atoms. The SMILES string of the molecule is CCCCCOc1cc2c3cc(OC)c(OC)cc3c3cc(OC)c(OC)cc3c2c(OCCCCC)c1OCCCCC. The minimum atomic E-state index is 0.576. The molecule has 0 saturated heterocycles. The highest BCUT2D eigenvalue weighted by Crippen LogP contribution is 2.52. The van der Waals surface area contributed by atoms with Gasteiger partial charge in [-0.2, -0.15) is 0 Å². The maximum atomic E-state index is 6.73. The van der Waals surface area contributed by atoms with Crippen LogP contribution in [0.2, 0.25) is 0 Å². The monoisotopic (exact) mass is 606 g/mol. The fourth-order valence-electron chi connectivity index (χ4n) is 5.70. The zero-order chi connectivity index (χ0) is 31.5. The van der Waals surface area contributed by atoms with Crippen molar-refractivity contribution in [2.24, 2.45) is 0 Å². The lowest BCUT2D eigenvalue weighted by atomic mass is 9.92. The zero-order valence-electron chi connectivity index (χ0n) is 27.7. The third kappa shape index (κ3) is 7.14. The van der Waals surface area contributed by atoms with E-state index in [2.05, 4.69) is 26.8 Å². The number of hydrogen-bond donors (Lipinski definition) is 0. The Bertz CT molecular complexity index is 1530. The van der Waals surface area contributed by atoms with Crippen molar-refractivity contribution in [3.63, 3.8) is 0 Å². The fraction of sp³-hybridized carbons (Fsp3) is 0.514. The Morgan fingerprint density at radius 3 is 1.14 bits per heavy atom. The van der Waals surface area contributed by atoms with E-state index in [9.17, 15) is 0 Å². The van der Waals surface area contributed by atoms with E-state index in [1.165, 1.54) is 0 Å². The van der Waals surface area contributed by atoms with Gasteiger partial charge in [-0.15, -0.1) is 0 Å². The summed E-state index contributed by atoms with van der Waals surface area (Å²) in [6, 6.07) is 10.2. The number of methoxy groups -OCH3 is 4. The lowest BCUT2D eigenvalue weighted by Crippen LogP contribution is -2.07. The summed E-state index contributed by atoms with van der Waals surface area (Å²) in [5.41, 5.74) is 0. The van der Waals surface area contributed by atoms with Crippen LogP contribution in [0.5, 0.6) is 40.2 Å². The van der Waals surface area contributed by atoms with Crippen molar-refractivity contribution in [2.45, 2.75) is 78.6 Å². The molecule has 0 saturated carbocycles. The Labute approximate surface area is 262 Å². The number of ether oxygens (including phenoxy) is 7. The lowest BCUT2D eigenvalue weighted by Gasteiger charge is -2.22. The topological polar surface area (TPSA) is 64.6 Å². The maximum absolute atomic E-state index is 6.73. The quantitative estimate of drug-likeness (QED) is 0.0777. The van der Waals surface area contributed by atoms with E-state index in [1.807, 2.05) is 24.3 Å². The van der Waals surface area contributed by atoms with Gasteiger partial charge in [0.2, 0.25) is 5.75 Å². The molecule has 4 rings (SSSR count). The van der Waals surface area contributed by atoms with Crippen LogP contribution in [0.15, 0.2) is 30.3 Å². The predicted molar refractivity (Wildman–Crippen MR) is 180 cm³/mol. The van der Waals surface area contributed by atoms with Gasteiger partial charge in [-0.05, 0) is 76.5 Å². The van der Waals surface area contributed by atoms with Gasteiger partial charge >= 0.3 is 0 Å². The third-order valence-corrected chi connectivity index (χ3v) is 8.09. The molecule has 240 valence electrons. The van der Waals surface area contributed by atoms with E-state index < -0.39 is 0 Å². The minimum absolute atomic E-state index is 0.576. The van der Waals surface area contributed by atoms with Crippen LogP contribution >= 0.6 is 0 Å². The van der Waals surface area contributed by atoms with Gasteiger partial charge in [-0.25, -0.2) is 0 Å². The van der Waals surface area contributed by atoms with Gasteiger partial charge in [-0.3, -0.25) is 0 Å². The number of unbranched alkanes of at least 4 members (excludes halogenated alkanes) is 6. The summed E-state index contributed by atoms with van der Waals surface area (Å²) in [7, 11) is 6.63. The molecule has 0 aliphatic carbocycles. The van der Waals surface area contributed by atoms with Gasteiger partial charge in [0.1, 0.15) is 0 Å². The van der Waals surface area contributed by atoms with Crippen molar-refractivity contribution in [2.75, 3.05) is 48.3 Å². The first-order chi connectivity index (χ1) is 21.6. The molecule has 0 bridgehead atoms. The van der Waals surface area contributed by atoms with E-state index in [-0.39, 0.29) is 0 Å². The molecule has 4 aromatic carbocycles. The van der Waals surface area contributed by atoms with Gasteiger partial charge in [0.05, 0.1) is 48.3 Å². The Morgan fingerprint density at radius 2 is 0.727 bits per heavy atom. The fourth-order valence-corrected chi connectivity index (χ4v) is 5.70. The van der Waals surface area contributed by atoms with E-state index in [4.69, 9.17) is 33.2 Å². The average molecular weight is 607 g/mol. The Balaban J connectivity index is 2.13. The van der Waals surface area contributed by atoms with Crippen LogP contribution in [0.1, 0.15) is 78.6 Å². The summed E-state index contributed by atoms with van der Waals surface area (Å²) in [6.07, 6.45) is 9.51. The molecule has 0 amide bonds. The minimum Gasteiger partial charge on any atom is -0.493 e. The number of benzene rings is 4. The smallest absolute Gasteiger partial charge is 0.204 e. The van der Waals surface area contributed by atoms with Crippen LogP contribution in [0.4, 0.5) is 0 Å². The van der Waals surface area contributed by atoms with Gasteiger partial charge in [0, 0.05) is 5.39 Å². The lowest BCUT2D eigenvalue weighted by molar-refractivity contribution is 0.237. The molecule has 4 aromatic rings. The highest BCUT2D eigenvalue weighted by atomic mass is 16.5. The van der Waals surface area contributed by atoms with E-state index in [0.29, 0.717) is 60.1 Å². The third-order valence-electron chi connectivity index (χ3n) is 8.09. The molecule has 0 aliphatic heterocycles. The van der Waals surface area contributed by atoms with Crippen molar-refractivity contribution in [3.05, 3.63) is 30.3 Å². The van der Waals surface area contributed by atoms with Crippen LogP contribution in [-0.2, 0) is 0 Å². The molecule has 0 radical (unpaired) electrons. The molecule has 0 aliphatic rings. The standard InChI is InChI=1S/C37H50O7/c1-8-11-14-17-42-34-24-29-27-22-31(39-5)30(38-4)20-25(27)26-21-32(40-6)33(41-7)23-28(26)35(29)37(44-19-16-13-10-3)36(34)43-18-15-12-9-2/h20-24H,8-19H2,1-7H3. The number of hydrogen-bond acceptors (Lipinski definition) is 7. The molecule has 0 unspecified atom stereocenters. The van der Waals surface area contributed by atoms with E-state index in [0.717, 1.165) is 90.1 Å². The summed E-state index contributed by atoms with van der Waals surface area (Å²) in [6.45, 7) is 8.36. The molecule has 0 spiro atoms. The van der Waals surface area contributed by atoms with Crippen molar-refractivity contribution in [1.29, 1.82) is 0 Å². The first-order valence-corrected chi connectivity index (χ1v) is 16.2. The van der Waals surface area contributed by atoms with E-state index >= 15 is 0 Å². The summed E-state index contributed by atoms with van der Waals surface area (Å²) in [5.74, 6) is 4.66. The van der Waals surface area contributed by atoms with Crippen molar-refractivity contribution in [3.8, 4) is 40.2 Å². The number of fused-ring (bicyclic) bond motifs is 6. The largest absolute Gasteiger partial charge is 0.493 e. The summed E-state index contributed by atoms with van der Waals surface area (Å²) < 4.78 is 42.9. The first-order valence-electron chi connectivity index (χ1n) is 16.2. The zero-order valence-corrected chi connectivity index (χ0v) is 27.7. The van der Waals surface area contributed by atoms with Crippen LogP contribution in [0, 0.1) is 0 Å². The van der Waals surface area contributed by atoms with Gasteiger partial charge < -0.3 is 33.2 Å². The summed E-state index contributed by atoms with van der Waals surface area (Å²) in [5, 5.41) is 5.88. The Morgan fingerprint density at radius 1 is 0.386 bits per heavy atom. The van der Waals surface area contributed by atoms with Gasteiger partial charge in [-0.1, -0.05) is 59.3 Å². The van der Waals surface area contributed by atoms with Crippen LogP contribution in [-0.4, -0.2) is 48.3 Å². The molecule has 0 fully saturated rings. The average Bonchev–Trinajstić information content (AvgIpc) is 3.06. The molecule has 0 atom stereocenters. The van der Waals surface area contributed by atoms with Crippen molar-refractivity contribution >= 4 is 32.3 Å². The summed E-state index contributed by atoms with van der Waals surface area (Å²) >= 11 is 0. The molecule has 7 nitrogen and oxygen atoms in total. The van der Waals surface area contributed by atoms with E-state index in [1.54, 1.807) is 28.4 Å². The van der Waals surface area contributed by atoms with Crippen molar-refractivity contribution < 1.29 is 33.2 Å². The van der Waals surface area contributed by atoms with Crippen LogP contribution in [0.3, 0.4) is 0 Å². The Hall–Kier alpha value is -3.74. The molecular formula is C37H50O7. The summed E-state index contributed by atoms with van der Waals surface area (Å²) in [4.78, 5) is 0. The second kappa shape index (κ2) is 16.4. The highest BCUT2D eigenvalue weighted by molar-refractivity contribution is 6.28. The second-order valence-electron chi connectivity index (χ2n) is 11.1. The number of rotatable bonds is 19. The second-order valence-corrected chi connectivity index (χ2v) is 11.1. The normalized spacial score (nSPS) is 11.2. The van der Waals surface area contributed by atoms with Gasteiger partial charge in [0.25, 0.3) is 0 Å². The van der Waals surface area contributed by atoms with Gasteiger partial charge in [0.15, 0.2) is 34.5 Å². The molecular weight excluding hydrogens is 556 g/mol. The molecule has 7 heteroatoms. The Kier molecular flexibility index (Phi) is 12.3. The van der Waals surface area contributed by atoms with Crippen LogP contribution < -0.4 is 33.2 Å². The molecule has 0 N–H and O–H groups in total. The first kappa shape index (κ1) is 33.2. The molecule has 0 heterocycles. The molecule has 0 aromatic heterocycles. The van der Waals surface area contributed by atoms with Crippen LogP contribution in [0.25, 0.3) is 32.3 Å².